The summed E-state index contributed by atoms with van der Waals surface area (Å²) in [5.41, 5.74) is 3.59. The summed E-state index contributed by atoms with van der Waals surface area (Å²) in [7, 11) is 2.14. The van der Waals surface area contributed by atoms with Crippen molar-refractivity contribution in [2.75, 3.05) is 13.3 Å². The van der Waals surface area contributed by atoms with E-state index in [0.717, 1.165) is 23.9 Å². The van der Waals surface area contributed by atoms with Crippen molar-refractivity contribution in [3.63, 3.8) is 0 Å². The van der Waals surface area contributed by atoms with Crippen LogP contribution in [0.25, 0.3) is 11.0 Å². The van der Waals surface area contributed by atoms with Crippen LogP contribution in [0.2, 0.25) is 0 Å². The van der Waals surface area contributed by atoms with E-state index >= 15 is 0 Å². The third-order valence-corrected chi connectivity index (χ3v) is 4.16. The minimum absolute atomic E-state index is 0.839. The molecular formula is C17H19N3S. The summed E-state index contributed by atoms with van der Waals surface area (Å²) in [6.45, 7) is 1.77. The highest BCUT2D eigenvalue weighted by Crippen LogP contribution is 2.22. The summed E-state index contributed by atoms with van der Waals surface area (Å²) < 4.78 is 2.28. The van der Waals surface area contributed by atoms with Crippen LogP contribution in [0, 0.1) is 0 Å². The van der Waals surface area contributed by atoms with Crippen molar-refractivity contribution in [1.29, 1.82) is 0 Å². The van der Waals surface area contributed by atoms with Crippen LogP contribution in [0.15, 0.2) is 59.8 Å². The molecule has 0 N–H and O–H groups in total. The maximum absolute atomic E-state index is 4.69. The molecule has 2 aromatic carbocycles. The molecule has 0 fully saturated rings. The van der Waals surface area contributed by atoms with Gasteiger partial charge in [0.25, 0.3) is 0 Å². The van der Waals surface area contributed by atoms with Gasteiger partial charge < -0.3 is 4.57 Å². The molecule has 0 saturated carbocycles. The van der Waals surface area contributed by atoms with Crippen LogP contribution < -0.4 is 0 Å². The fraction of sp³-hybridized carbons (Fsp3) is 0.235. The Kier molecular flexibility index (Phi) is 4.27. The molecule has 0 amide bonds. The maximum atomic E-state index is 4.69. The van der Waals surface area contributed by atoms with Gasteiger partial charge in [-0.2, -0.15) is 0 Å². The number of nitrogens with zero attached hydrogens (tertiary/aromatic N) is 3. The van der Waals surface area contributed by atoms with Gasteiger partial charge in [0.05, 0.1) is 17.7 Å². The predicted molar refractivity (Wildman–Crippen MR) is 89.4 cm³/mol. The van der Waals surface area contributed by atoms with Gasteiger partial charge in [-0.05, 0) is 31.0 Å². The largest absolute Gasteiger partial charge is 0.305 e. The predicted octanol–water partition coefficient (Wildman–Crippen LogP) is 3.85. The van der Waals surface area contributed by atoms with E-state index in [9.17, 15) is 0 Å². The highest BCUT2D eigenvalue weighted by atomic mass is 32.2. The Morgan fingerprint density at radius 3 is 2.52 bits per heavy atom. The van der Waals surface area contributed by atoms with E-state index < -0.39 is 0 Å². The smallest absolute Gasteiger partial charge is 0.169 e. The third-order valence-electron chi connectivity index (χ3n) is 3.48. The first-order valence-electron chi connectivity index (χ1n) is 6.99. The molecule has 3 nitrogen and oxygen atoms in total. The van der Waals surface area contributed by atoms with Gasteiger partial charge in [-0.25, -0.2) is 4.98 Å². The van der Waals surface area contributed by atoms with Gasteiger partial charge in [-0.1, -0.05) is 54.2 Å². The topological polar surface area (TPSA) is 21.1 Å². The quantitative estimate of drug-likeness (QED) is 0.668. The molecule has 0 aliphatic heterocycles. The standard InChI is InChI=1S/C17H19N3S/c1-19(12-14-8-4-3-5-9-14)13-20-16-11-7-6-10-15(16)18-17(20)21-2/h3-11H,12-13H2,1-2H3. The fourth-order valence-electron chi connectivity index (χ4n) is 2.53. The van der Waals surface area contributed by atoms with Gasteiger partial charge in [0.15, 0.2) is 5.16 Å². The molecule has 0 aliphatic carbocycles. The second-order valence-corrected chi connectivity index (χ2v) is 5.93. The molecule has 0 saturated heterocycles. The second-order valence-electron chi connectivity index (χ2n) is 5.16. The lowest BCUT2D eigenvalue weighted by Gasteiger charge is -2.19. The fourth-order valence-corrected chi connectivity index (χ4v) is 3.10. The van der Waals surface area contributed by atoms with Crippen molar-refractivity contribution in [2.24, 2.45) is 0 Å². The van der Waals surface area contributed by atoms with Gasteiger partial charge >= 0.3 is 0 Å². The summed E-state index contributed by atoms with van der Waals surface area (Å²) >= 11 is 1.69. The zero-order chi connectivity index (χ0) is 14.7. The van der Waals surface area contributed by atoms with Crippen molar-refractivity contribution in [3.8, 4) is 0 Å². The average molecular weight is 297 g/mol. The monoisotopic (exact) mass is 297 g/mol. The van der Waals surface area contributed by atoms with Gasteiger partial charge in [-0.3, -0.25) is 4.90 Å². The number of hydrogen-bond acceptors (Lipinski definition) is 3. The van der Waals surface area contributed by atoms with Gasteiger partial charge in [0, 0.05) is 6.54 Å². The molecule has 3 rings (SSSR count). The lowest BCUT2D eigenvalue weighted by Crippen LogP contribution is -2.22. The van der Waals surface area contributed by atoms with Crippen LogP contribution in [0.3, 0.4) is 0 Å². The number of hydrogen-bond donors (Lipinski definition) is 0. The molecule has 108 valence electrons. The van der Waals surface area contributed by atoms with E-state index in [1.54, 1.807) is 11.8 Å². The van der Waals surface area contributed by atoms with Gasteiger partial charge in [0.2, 0.25) is 0 Å². The van der Waals surface area contributed by atoms with E-state index in [4.69, 9.17) is 4.98 Å². The molecule has 21 heavy (non-hydrogen) atoms. The number of thioether (sulfide) groups is 1. The Balaban J connectivity index is 1.84. The SMILES string of the molecule is CSc1nc2ccccc2n1CN(C)Cc1ccccc1. The van der Waals surface area contributed by atoms with Crippen LogP contribution in [0.4, 0.5) is 0 Å². The minimum Gasteiger partial charge on any atom is -0.305 e. The maximum Gasteiger partial charge on any atom is 0.169 e. The summed E-state index contributed by atoms with van der Waals surface area (Å²) in [6.07, 6.45) is 2.08. The van der Waals surface area contributed by atoms with E-state index in [1.807, 2.05) is 6.07 Å². The van der Waals surface area contributed by atoms with Crippen LogP contribution in [-0.4, -0.2) is 27.8 Å². The normalized spacial score (nSPS) is 11.4. The third kappa shape index (κ3) is 3.12. The molecule has 1 aromatic heterocycles. The number of rotatable bonds is 5. The first kappa shape index (κ1) is 14.2. The van der Waals surface area contributed by atoms with Gasteiger partial charge in [0.1, 0.15) is 0 Å². The highest BCUT2D eigenvalue weighted by molar-refractivity contribution is 7.98. The van der Waals surface area contributed by atoms with Crippen molar-refractivity contribution in [3.05, 3.63) is 60.2 Å². The number of aromatic nitrogens is 2. The number of para-hydroxylation sites is 2. The molecule has 4 heteroatoms. The minimum atomic E-state index is 0.839. The Morgan fingerprint density at radius 2 is 1.76 bits per heavy atom. The van der Waals surface area contributed by atoms with E-state index in [-0.39, 0.29) is 0 Å². The van der Waals surface area contributed by atoms with E-state index in [2.05, 4.69) is 71.3 Å². The van der Waals surface area contributed by atoms with Crippen LogP contribution >= 0.6 is 11.8 Å². The molecule has 0 atom stereocenters. The first-order chi connectivity index (χ1) is 10.3. The van der Waals surface area contributed by atoms with E-state index in [0.29, 0.717) is 0 Å². The molecule has 0 bridgehead atoms. The van der Waals surface area contributed by atoms with Crippen LogP contribution in [-0.2, 0) is 13.2 Å². The Hall–Kier alpha value is -1.78. The number of fused-ring (bicyclic) bond motifs is 1. The zero-order valence-corrected chi connectivity index (χ0v) is 13.2. The summed E-state index contributed by atoms with van der Waals surface area (Å²) in [5.74, 6) is 0. The molecule has 3 aromatic rings. The lowest BCUT2D eigenvalue weighted by atomic mass is 10.2. The molecule has 0 unspecified atom stereocenters. The molecule has 0 aliphatic rings. The highest BCUT2D eigenvalue weighted by Gasteiger charge is 2.11. The van der Waals surface area contributed by atoms with Crippen molar-refractivity contribution in [1.82, 2.24) is 14.5 Å². The Labute approximate surface area is 129 Å². The molecule has 1 heterocycles. The van der Waals surface area contributed by atoms with E-state index in [1.165, 1.54) is 11.1 Å². The molecule has 0 radical (unpaired) electrons. The number of imidazole rings is 1. The van der Waals surface area contributed by atoms with Gasteiger partial charge in [-0.15, -0.1) is 0 Å². The summed E-state index contributed by atoms with van der Waals surface area (Å²) in [5, 5.41) is 1.07. The first-order valence-corrected chi connectivity index (χ1v) is 8.22. The second kappa shape index (κ2) is 6.33. The molecule has 0 spiro atoms. The van der Waals surface area contributed by atoms with Crippen molar-refractivity contribution >= 4 is 22.8 Å². The average Bonchev–Trinajstić information content (AvgIpc) is 2.86. The lowest BCUT2D eigenvalue weighted by molar-refractivity contribution is 0.255. The molecular weight excluding hydrogens is 278 g/mol. The van der Waals surface area contributed by atoms with Crippen molar-refractivity contribution < 1.29 is 0 Å². The zero-order valence-electron chi connectivity index (χ0n) is 12.4. The Morgan fingerprint density at radius 1 is 1.05 bits per heavy atom. The summed E-state index contributed by atoms with van der Waals surface area (Å²) in [4.78, 5) is 7.00. The number of benzene rings is 2. The van der Waals surface area contributed by atoms with Crippen molar-refractivity contribution in [2.45, 2.75) is 18.4 Å². The van der Waals surface area contributed by atoms with Crippen LogP contribution in [0.1, 0.15) is 5.56 Å². The Bertz CT molecular complexity index is 721. The van der Waals surface area contributed by atoms with Crippen LogP contribution in [0.5, 0.6) is 0 Å². The summed E-state index contributed by atoms with van der Waals surface area (Å²) in [6, 6.07) is 18.9.